The first kappa shape index (κ1) is 23.8. The van der Waals surface area contributed by atoms with Crippen LogP contribution in [0.15, 0.2) is 40.3 Å². The predicted molar refractivity (Wildman–Crippen MR) is 109 cm³/mol. The van der Waals surface area contributed by atoms with Crippen LogP contribution in [0.5, 0.6) is 17.5 Å². The van der Waals surface area contributed by atoms with Crippen molar-refractivity contribution in [1.82, 2.24) is 19.5 Å². The highest BCUT2D eigenvalue weighted by atomic mass is 35.5. The Hall–Kier alpha value is -3.85. The fraction of sp³-hybridized carbons (Fsp3) is 0.250. The van der Waals surface area contributed by atoms with Gasteiger partial charge in [0.2, 0.25) is 5.75 Å². The molecule has 3 aromatic rings. The third kappa shape index (κ3) is 5.69. The predicted octanol–water partition coefficient (Wildman–Crippen LogP) is 3.50. The Kier molecular flexibility index (Phi) is 7.03. The molecule has 0 radical (unpaired) electrons. The van der Waals surface area contributed by atoms with E-state index in [-0.39, 0.29) is 27.9 Å². The highest BCUT2D eigenvalue weighted by molar-refractivity contribution is 6.30. The molecule has 0 atom stereocenters. The van der Waals surface area contributed by atoms with Gasteiger partial charge in [-0.2, -0.15) is 18.4 Å². The van der Waals surface area contributed by atoms with Gasteiger partial charge in [-0.1, -0.05) is 18.5 Å². The first-order valence-electron chi connectivity index (χ1n) is 9.38. The molecule has 1 N–H and O–H groups in total. The molecule has 1 aromatic carbocycles. The van der Waals surface area contributed by atoms with Crippen molar-refractivity contribution < 1.29 is 22.6 Å². The zero-order valence-electron chi connectivity index (χ0n) is 16.9. The van der Waals surface area contributed by atoms with E-state index in [0.717, 1.165) is 22.9 Å². The minimum atomic E-state index is -5.01. The summed E-state index contributed by atoms with van der Waals surface area (Å²) in [6, 6.07) is 5.28. The van der Waals surface area contributed by atoms with E-state index in [4.69, 9.17) is 26.3 Å². The van der Waals surface area contributed by atoms with Gasteiger partial charge in [0.05, 0.1) is 36.7 Å². The number of nitrogens with one attached hydrogen (secondary N) is 1. The molecule has 0 spiro atoms. The largest absolute Gasteiger partial charge is 0.465 e. The van der Waals surface area contributed by atoms with Crippen LogP contribution in [0.3, 0.4) is 0 Å². The van der Waals surface area contributed by atoms with Crippen molar-refractivity contribution in [2.24, 2.45) is 0 Å². The van der Waals surface area contributed by atoms with E-state index in [2.05, 4.69) is 15.0 Å². The molecule has 0 aliphatic carbocycles. The van der Waals surface area contributed by atoms with Gasteiger partial charge >= 0.3 is 6.18 Å². The molecule has 0 amide bonds. The molecule has 9 nitrogen and oxygen atoms in total. The van der Waals surface area contributed by atoms with Crippen LogP contribution in [0.1, 0.15) is 30.2 Å². The van der Waals surface area contributed by atoms with Crippen LogP contribution in [0.2, 0.25) is 5.02 Å². The monoisotopic (exact) mass is 481 g/mol. The molecule has 33 heavy (non-hydrogen) atoms. The molecule has 0 saturated heterocycles. The summed E-state index contributed by atoms with van der Waals surface area (Å²) in [6.45, 7) is 1.75. The lowest BCUT2D eigenvalue weighted by molar-refractivity contribution is -0.142. The van der Waals surface area contributed by atoms with Gasteiger partial charge in [-0.05, 0) is 24.6 Å². The van der Waals surface area contributed by atoms with E-state index >= 15 is 0 Å². The SMILES string of the molecule is CCCOc1ncc(Cn2cnc(C(F)(F)F)c(Oc3cc(Cl)cc(C#N)c3)c2=O)c(=O)[nH]1. The van der Waals surface area contributed by atoms with E-state index in [1.807, 2.05) is 6.92 Å². The first-order chi connectivity index (χ1) is 15.6. The van der Waals surface area contributed by atoms with E-state index in [9.17, 15) is 22.8 Å². The van der Waals surface area contributed by atoms with Crippen LogP contribution < -0.4 is 20.6 Å². The molecule has 172 valence electrons. The van der Waals surface area contributed by atoms with Gasteiger partial charge in [0, 0.05) is 11.2 Å². The second kappa shape index (κ2) is 9.74. The Bertz CT molecular complexity index is 1330. The Morgan fingerprint density at radius 3 is 2.64 bits per heavy atom. The summed E-state index contributed by atoms with van der Waals surface area (Å²) in [5.41, 5.74) is -3.43. The maximum atomic E-state index is 13.5. The third-order valence-electron chi connectivity index (χ3n) is 4.12. The summed E-state index contributed by atoms with van der Waals surface area (Å²) in [7, 11) is 0. The minimum absolute atomic E-state index is 0.0123. The number of hydrogen-bond donors (Lipinski definition) is 1. The summed E-state index contributed by atoms with van der Waals surface area (Å²) in [4.78, 5) is 34.7. The van der Waals surface area contributed by atoms with Crippen LogP contribution in [0.4, 0.5) is 13.2 Å². The molecule has 0 bridgehead atoms. The van der Waals surface area contributed by atoms with Crippen LogP contribution in [0, 0.1) is 11.3 Å². The number of rotatable bonds is 7. The van der Waals surface area contributed by atoms with E-state index in [0.29, 0.717) is 19.4 Å². The Labute approximate surface area is 189 Å². The van der Waals surface area contributed by atoms with Crippen molar-refractivity contribution in [2.75, 3.05) is 6.61 Å². The zero-order chi connectivity index (χ0) is 24.2. The van der Waals surface area contributed by atoms with Gasteiger partial charge in [0.15, 0.2) is 5.69 Å². The second-order valence-electron chi connectivity index (χ2n) is 6.63. The molecule has 0 saturated carbocycles. The molecular weight excluding hydrogens is 467 g/mol. The Morgan fingerprint density at radius 1 is 1.24 bits per heavy atom. The maximum Gasteiger partial charge on any atom is 0.437 e. The minimum Gasteiger partial charge on any atom is -0.465 e. The molecule has 0 fully saturated rings. The third-order valence-corrected chi connectivity index (χ3v) is 4.34. The van der Waals surface area contributed by atoms with Gasteiger partial charge in [0.25, 0.3) is 17.1 Å². The summed E-state index contributed by atoms with van der Waals surface area (Å²) in [5.74, 6) is -1.40. The van der Waals surface area contributed by atoms with Crippen molar-refractivity contribution in [3.8, 4) is 23.6 Å². The lowest BCUT2D eigenvalue weighted by atomic mass is 10.2. The fourth-order valence-corrected chi connectivity index (χ4v) is 2.88. The molecule has 0 aliphatic heterocycles. The lowest BCUT2D eigenvalue weighted by Gasteiger charge is -2.15. The normalized spacial score (nSPS) is 11.2. The number of H-pyrrole nitrogens is 1. The number of halogens is 4. The molecule has 2 heterocycles. The van der Waals surface area contributed by atoms with Crippen molar-refractivity contribution in [3.05, 3.63) is 73.3 Å². The van der Waals surface area contributed by atoms with Crippen LogP contribution in [-0.2, 0) is 12.7 Å². The van der Waals surface area contributed by atoms with Gasteiger partial charge < -0.3 is 9.47 Å². The Balaban J connectivity index is 2.02. The molecule has 0 aliphatic rings. The summed E-state index contributed by atoms with van der Waals surface area (Å²) >= 11 is 5.86. The van der Waals surface area contributed by atoms with Crippen molar-refractivity contribution in [2.45, 2.75) is 26.1 Å². The van der Waals surface area contributed by atoms with Crippen LogP contribution >= 0.6 is 11.6 Å². The average Bonchev–Trinajstić information content (AvgIpc) is 2.75. The number of alkyl halides is 3. The molecular formula is C20H15ClF3N5O4. The van der Waals surface area contributed by atoms with E-state index < -0.39 is 35.3 Å². The summed E-state index contributed by atoms with van der Waals surface area (Å²) in [5, 5.41) is 9.04. The van der Waals surface area contributed by atoms with Gasteiger partial charge in [0.1, 0.15) is 5.75 Å². The fourth-order valence-electron chi connectivity index (χ4n) is 2.65. The quantitative estimate of drug-likeness (QED) is 0.547. The zero-order valence-corrected chi connectivity index (χ0v) is 17.7. The number of aromatic nitrogens is 4. The standard InChI is InChI=1S/C20H15ClF3N5O4/c1-2-3-32-19-26-8-12(17(30)28-19)9-29-10-27-16(20(22,23)24)15(18(29)31)33-14-5-11(7-25)4-13(21)6-14/h4-6,8,10H,2-3,9H2,1H3,(H,26,28,30). The maximum absolute atomic E-state index is 13.5. The topological polar surface area (TPSA) is 123 Å². The smallest absolute Gasteiger partial charge is 0.437 e. The van der Waals surface area contributed by atoms with Crippen LogP contribution in [0.25, 0.3) is 0 Å². The number of aromatic amines is 1. The van der Waals surface area contributed by atoms with Crippen molar-refractivity contribution in [1.29, 1.82) is 5.26 Å². The number of benzene rings is 1. The molecule has 3 rings (SSSR count). The number of nitrogens with zero attached hydrogens (tertiary/aromatic N) is 4. The Morgan fingerprint density at radius 2 is 2.00 bits per heavy atom. The highest BCUT2D eigenvalue weighted by Crippen LogP contribution is 2.35. The second-order valence-corrected chi connectivity index (χ2v) is 7.07. The molecule has 13 heteroatoms. The highest BCUT2D eigenvalue weighted by Gasteiger charge is 2.38. The number of hydrogen-bond acceptors (Lipinski definition) is 7. The average molecular weight is 482 g/mol. The van der Waals surface area contributed by atoms with Gasteiger partial charge in [-0.15, -0.1) is 0 Å². The van der Waals surface area contributed by atoms with Crippen LogP contribution in [-0.4, -0.2) is 26.1 Å². The first-order valence-corrected chi connectivity index (χ1v) is 9.76. The van der Waals surface area contributed by atoms with E-state index in [1.165, 1.54) is 6.07 Å². The number of nitriles is 1. The summed E-state index contributed by atoms with van der Waals surface area (Å²) in [6.07, 6.45) is -2.53. The van der Waals surface area contributed by atoms with Gasteiger partial charge in [-0.3, -0.25) is 19.1 Å². The number of ether oxygens (including phenoxy) is 2. The van der Waals surface area contributed by atoms with Gasteiger partial charge in [-0.25, -0.2) is 9.97 Å². The van der Waals surface area contributed by atoms with E-state index in [1.54, 1.807) is 6.07 Å². The lowest BCUT2D eigenvalue weighted by Crippen LogP contribution is -2.28. The van der Waals surface area contributed by atoms with Crippen molar-refractivity contribution in [3.63, 3.8) is 0 Å². The molecule has 0 unspecified atom stereocenters. The van der Waals surface area contributed by atoms with Crippen molar-refractivity contribution >= 4 is 11.6 Å². The summed E-state index contributed by atoms with van der Waals surface area (Å²) < 4.78 is 51.6. The molecule has 2 aromatic heterocycles.